The highest BCUT2D eigenvalue weighted by Crippen LogP contribution is 2.43. The number of allylic oxidation sites excluding steroid dienone is 1. The van der Waals surface area contributed by atoms with E-state index in [2.05, 4.69) is 10.2 Å². The van der Waals surface area contributed by atoms with Gasteiger partial charge in [0, 0.05) is 0 Å². The minimum Gasteiger partial charge on any atom is -0.503 e. The molecule has 2 aromatic carbocycles. The highest BCUT2D eigenvalue weighted by molar-refractivity contribution is 7.15. The number of aliphatic hydroxyl groups is 1. The Kier molecular flexibility index (Phi) is 5.91. The van der Waals surface area contributed by atoms with Gasteiger partial charge in [0.25, 0.3) is 5.91 Å². The summed E-state index contributed by atoms with van der Waals surface area (Å²) in [6.45, 7) is 1.75. The Morgan fingerprint density at radius 2 is 1.87 bits per heavy atom. The maximum atomic E-state index is 13.1. The van der Waals surface area contributed by atoms with Crippen LogP contribution in [-0.2, 0) is 9.59 Å². The molecular weight excluding hydrogens is 457 g/mol. The Hall–Kier alpha value is -3.00. The number of nitrogens with zero attached hydrogens (tertiary/aromatic N) is 3. The van der Waals surface area contributed by atoms with E-state index in [-0.39, 0.29) is 15.7 Å². The van der Waals surface area contributed by atoms with Crippen LogP contribution in [0.25, 0.3) is 6.08 Å². The van der Waals surface area contributed by atoms with Crippen molar-refractivity contribution in [2.45, 2.75) is 13.0 Å². The standard InChI is InChI=1S/C22H15Cl2N3O3S/c1-12-25-26-22(31-12)27-19(14-8-9-15(23)16(24)11-14)18(20(29)21(27)30)17(28)10-7-13-5-3-2-4-6-13/h2-11,19,29H,1H3. The molecule has 1 N–H and O–H groups in total. The van der Waals surface area contributed by atoms with Gasteiger partial charge in [0.2, 0.25) is 5.13 Å². The van der Waals surface area contributed by atoms with E-state index in [1.807, 2.05) is 30.3 Å². The molecule has 0 saturated carbocycles. The SMILES string of the molecule is Cc1nnc(N2C(=O)C(O)=C(C(=O)C=Cc3ccccc3)C2c2ccc(Cl)c(Cl)c2)s1. The second-order valence-electron chi connectivity index (χ2n) is 6.73. The van der Waals surface area contributed by atoms with Crippen LogP contribution in [0.15, 0.2) is 65.9 Å². The highest BCUT2D eigenvalue weighted by atomic mass is 35.5. The number of aromatic nitrogens is 2. The molecule has 1 unspecified atom stereocenters. The van der Waals surface area contributed by atoms with Crippen molar-refractivity contribution in [3.05, 3.63) is 92.1 Å². The third kappa shape index (κ3) is 4.12. The third-order valence-corrected chi connectivity index (χ3v) is 6.26. The van der Waals surface area contributed by atoms with Gasteiger partial charge in [0.15, 0.2) is 11.5 Å². The third-order valence-electron chi connectivity index (χ3n) is 4.68. The molecule has 1 aliphatic rings. The second kappa shape index (κ2) is 8.63. The van der Waals surface area contributed by atoms with E-state index in [9.17, 15) is 14.7 Å². The molecule has 0 radical (unpaired) electrons. The summed E-state index contributed by atoms with van der Waals surface area (Å²) in [6, 6.07) is 13.1. The van der Waals surface area contributed by atoms with Gasteiger partial charge < -0.3 is 5.11 Å². The summed E-state index contributed by atoms with van der Waals surface area (Å²) < 4.78 is 0. The normalized spacial score (nSPS) is 16.5. The van der Waals surface area contributed by atoms with E-state index >= 15 is 0 Å². The molecule has 4 rings (SSSR count). The number of halogens is 2. The fourth-order valence-corrected chi connectivity index (χ4v) is 4.28. The van der Waals surface area contributed by atoms with Gasteiger partial charge in [0.05, 0.1) is 21.7 Å². The van der Waals surface area contributed by atoms with E-state index in [1.54, 1.807) is 31.2 Å². The molecule has 1 amide bonds. The smallest absolute Gasteiger partial charge is 0.296 e. The number of aryl methyl sites for hydroxylation is 1. The maximum Gasteiger partial charge on any atom is 0.296 e. The average Bonchev–Trinajstić information content (AvgIpc) is 3.30. The van der Waals surface area contributed by atoms with Gasteiger partial charge in [-0.3, -0.25) is 14.5 Å². The van der Waals surface area contributed by atoms with Gasteiger partial charge in [-0.15, -0.1) is 10.2 Å². The zero-order chi connectivity index (χ0) is 22.1. The Bertz CT molecular complexity index is 1240. The van der Waals surface area contributed by atoms with Crippen molar-refractivity contribution in [1.82, 2.24) is 10.2 Å². The Balaban J connectivity index is 1.80. The van der Waals surface area contributed by atoms with Crippen molar-refractivity contribution in [1.29, 1.82) is 0 Å². The fraction of sp³-hybridized carbons (Fsp3) is 0.0909. The van der Waals surface area contributed by atoms with E-state index in [0.717, 1.165) is 5.56 Å². The van der Waals surface area contributed by atoms with E-state index < -0.39 is 23.5 Å². The summed E-state index contributed by atoms with van der Waals surface area (Å²) in [6.07, 6.45) is 2.95. The molecular formula is C22H15Cl2N3O3S. The summed E-state index contributed by atoms with van der Waals surface area (Å²) in [4.78, 5) is 27.3. The number of hydrogen-bond donors (Lipinski definition) is 1. The van der Waals surface area contributed by atoms with Crippen LogP contribution in [0.2, 0.25) is 10.0 Å². The van der Waals surface area contributed by atoms with E-state index in [4.69, 9.17) is 23.2 Å². The molecule has 0 saturated heterocycles. The molecule has 3 aromatic rings. The largest absolute Gasteiger partial charge is 0.503 e. The van der Waals surface area contributed by atoms with Crippen LogP contribution in [0.5, 0.6) is 0 Å². The number of amides is 1. The molecule has 9 heteroatoms. The van der Waals surface area contributed by atoms with Crippen LogP contribution in [0.3, 0.4) is 0 Å². The number of benzene rings is 2. The molecule has 1 aromatic heterocycles. The average molecular weight is 472 g/mol. The van der Waals surface area contributed by atoms with Crippen molar-refractivity contribution in [2.24, 2.45) is 0 Å². The first-order chi connectivity index (χ1) is 14.9. The minimum atomic E-state index is -0.928. The molecule has 156 valence electrons. The summed E-state index contributed by atoms with van der Waals surface area (Å²) in [5, 5.41) is 20.1. The Labute approximate surface area is 192 Å². The number of anilines is 1. The van der Waals surface area contributed by atoms with Crippen LogP contribution in [0, 0.1) is 6.92 Å². The Morgan fingerprint density at radius 3 is 2.52 bits per heavy atom. The van der Waals surface area contributed by atoms with Gasteiger partial charge >= 0.3 is 0 Å². The molecule has 2 heterocycles. The predicted octanol–water partition coefficient (Wildman–Crippen LogP) is 5.34. The van der Waals surface area contributed by atoms with E-state index in [1.165, 1.54) is 22.3 Å². The maximum absolute atomic E-state index is 13.1. The van der Waals surface area contributed by atoms with Crippen LogP contribution < -0.4 is 4.90 Å². The summed E-state index contributed by atoms with van der Waals surface area (Å²) >= 11 is 13.4. The lowest BCUT2D eigenvalue weighted by Crippen LogP contribution is -2.30. The number of carbonyl (C=O) groups is 2. The zero-order valence-corrected chi connectivity index (χ0v) is 18.4. The van der Waals surface area contributed by atoms with Crippen LogP contribution >= 0.6 is 34.5 Å². The van der Waals surface area contributed by atoms with Gasteiger partial charge in [-0.05, 0) is 36.3 Å². The van der Waals surface area contributed by atoms with Crippen LogP contribution in [0.1, 0.15) is 22.2 Å². The topological polar surface area (TPSA) is 83.4 Å². The number of carbonyl (C=O) groups excluding carboxylic acids is 2. The van der Waals surface area contributed by atoms with Crippen LogP contribution in [0.4, 0.5) is 5.13 Å². The van der Waals surface area contributed by atoms with Crippen molar-refractivity contribution >= 4 is 57.4 Å². The molecule has 1 atom stereocenters. The molecule has 1 aliphatic heterocycles. The van der Waals surface area contributed by atoms with Gasteiger partial charge in [-0.1, -0.05) is 77.0 Å². The number of aliphatic hydroxyl groups excluding tert-OH is 1. The first kappa shape index (κ1) is 21.2. The zero-order valence-electron chi connectivity index (χ0n) is 16.1. The monoisotopic (exact) mass is 471 g/mol. The molecule has 31 heavy (non-hydrogen) atoms. The molecule has 0 spiro atoms. The fourth-order valence-electron chi connectivity index (χ4n) is 3.26. The lowest BCUT2D eigenvalue weighted by Gasteiger charge is -2.24. The molecule has 6 nitrogen and oxygen atoms in total. The highest BCUT2D eigenvalue weighted by Gasteiger charge is 2.45. The van der Waals surface area contributed by atoms with Gasteiger partial charge in [-0.2, -0.15) is 0 Å². The first-order valence-corrected chi connectivity index (χ1v) is 10.7. The number of rotatable bonds is 5. The van der Waals surface area contributed by atoms with Crippen LogP contribution in [-0.4, -0.2) is 27.0 Å². The quantitative estimate of drug-likeness (QED) is 0.507. The lowest BCUT2D eigenvalue weighted by atomic mass is 9.96. The summed E-state index contributed by atoms with van der Waals surface area (Å²) in [5.74, 6) is -1.87. The predicted molar refractivity (Wildman–Crippen MR) is 121 cm³/mol. The lowest BCUT2D eigenvalue weighted by molar-refractivity contribution is -0.117. The summed E-state index contributed by atoms with van der Waals surface area (Å²) in [7, 11) is 0. The summed E-state index contributed by atoms with van der Waals surface area (Å²) in [5.41, 5.74) is 1.25. The van der Waals surface area contributed by atoms with Crippen molar-refractivity contribution in [3.8, 4) is 0 Å². The Morgan fingerprint density at radius 1 is 1.13 bits per heavy atom. The number of hydrogen-bond acceptors (Lipinski definition) is 6. The van der Waals surface area contributed by atoms with Gasteiger partial charge in [-0.25, -0.2) is 0 Å². The molecule has 0 fully saturated rings. The first-order valence-electron chi connectivity index (χ1n) is 9.16. The van der Waals surface area contributed by atoms with Crippen molar-refractivity contribution < 1.29 is 14.7 Å². The van der Waals surface area contributed by atoms with E-state index in [0.29, 0.717) is 15.6 Å². The van der Waals surface area contributed by atoms with Crippen molar-refractivity contribution in [3.63, 3.8) is 0 Å². The van der Waals surface area contributed by atoms with Crippen molar-refractivity contribution in [2.75, 3.05) is 4.90 Å². The minimum absolute atomic E-state index is 0.0663. The van der Waals surface area contributed by atoms with Gasteiger partial charge in [0.1, 0.15) is 5.01 Å². The molecule has 0 aliphatic carbocycles. The molecule has 0 bridgehead atoms. The second-order valence-corrected chi connectivity index (χ2v) is 8.70. The number of ketones is 1.